The molecule has 1 atom stereocenters. The Labute approximate surface area is 115 Å². The van der Waals surface area contributed by atoms with Gasteiger partial charge in [-0.05, 0) is 60.6 Å². The highest BCUT2D eigenvalue weighted by Gasteiger charge is 2.19. The highest BCUT2D eigenvalue weighted by molar-refractivity contribution is 9.10. The zero-order valence-corrected chi connectivity index (χ0v) is 11.9. The number of rotatable bonds is 2. The molecule has 1 aliphatic rings. The van der Waals surface area contributed by atoms with E-state index < -0.39 is 0 Å². The van der Waals surface area contributed by atoms with E-state index in [4.69, 9.17) is 0 Å². The maximum atomic E-state index is 12.0. The highest BCUT2D eigenvalue weighted by Crippen LogP contribution is 2.24. The van der Waals surface area contributed by atoms with E-state index >= 15 is 0 Å². The minimum Gasteiger partial charge on any atom is -0.507 e. The molecule has 4 nitrogen and oxygen atoms in total. The predicted octanol–water partition coefficient (Wildman–Crippen LogP) is 1.98. The Kier molecular flexibility index (Phi) is 4.24. The number of phenols is 1. The molecule has 0 aliphatic carbocycles. The van der Waals surface area contributed by atoms with Crippen LogP contribution in [0.1, 0.15) is 23.2 Å². The molecule has 1 heterocycles. The first kappa shape index (κ1) is 13.4. The number of amides is 1. The van der Waals surface area contributed by atoms with Crippen molar-refractivity contribution in [3.63, 3.8) is 0 Å². The molecule has 1 amide bonds. The van der Waals surface area contributed by atoms with Crippen LogP contribution < -0.4 is 5.32 Å². The predicted molar refractivity (Wildman–Crippen MR) is 73.8 cm³/mol. The number of carbonyl (C=O) groups excluding carboxylic acids is 1. The van der Waals surface area contributed by atoms with Crippen molar-refractivity contribution in [1.29, 1.82) is 0 Å². The van der Waals surface area contributed by atoms with Gasteiger partial charge in [-0.2, -0.15) is 0 Å². The van der Waals surface area contributed by atoms with E-state index in [0.717, 1.165) is 25.9 Å². The number of phenolic OH excluding ortho intramolecular Hbond substituents is 1. The Bertz CT molecular complexity index is 451. The number of benzene rings is 1. The SMILES string of the molecule is CN1CCCC(NC(=O)c2ccc(Br)c(O)c2)C1. The molecule has 1 saturated heterocycles. The van der Waals surface area contributed by atoms with Crippen molar-refractivity contribution in [2.24, 2.45) is 0 Å². The summed E-state index contributed by atoms with van der Waals surface area (Å²) in [5, 5.41) is 12.6. The monoisotopic (exact) mass is 312 g/mol. The van der Waals surface area contributed by atoms with E-state index in [2.05, 4.69) is 33.2 Å². The van der Waals surface area contributed by atoms with Crippen LogP contribution in [0.5, 0.6) is 5.75 Å². The Morgan fingerprint density at radius 2 is 2.33 bits per heavy atom. The van der Waals surface area contributed by atoms with Crippen molar-refractivity contribution in [1.82, 2.24) is 10.2 Å². The molecule has 2 rings (SSSR count). The van der Waals surface area contributed by atoms with E-state index in [1.165, 1.54) is 6.07 Å². The fourth-order valence-electron chi connectivity index (χ4n) is 2.21. The summed E-state index contributed by atoms with van der Waals surface area (Å²) in [7, 11) is 2.06. The summed E-state index contributed by atoms with van der Waals surface area (Å²) >= 11 is 3.20. The number of aromatic hydroxyl groups is 1. The van der Waals surface area contributed by atoms with Crippen molar-refractivity contribution in [3.05, 3.63) is 28.2 Å². The summed E-state index contributed by atoms with van der Waals surface area (Å²) in [6, 6.07) is 5.05. The van der Waals surface area contributed by atoms with Crippen LogP contribution >= 0.6 is 15.9 Å². The second-order valence-corrected chi connectivity index (χ2v) is 5.60. The molecule has 2 N–H and O–H groups in total. The molecule has 0 saturated carbocycles. The summed E-state index contributed by atoms with van der Waals surface area (Å²) in [6.07, 6.45) is 2.12. The van der Waals surface area contributed by atoms with Crippen LogP contribution in [0.3, 0.4) is 0 Å². The number of likely N-dealkylation sites (tertiary alicyclic amines) is 1. The number of hydrogen-bond donors (Lipinski definition) is 2. The molecule has 5 heteroatoms. The molecule has 1 unspecified atom stereocenters. The van der Waals surface area contributed by atoms with E-state index in [0.29, 0.717) is 10.0 Å². The average Bonchev–Trinajstić information content (AvgIpc) is 2.32. The number of hydrogen-bond acceptors (Lipinski definition) is 3. The lowest BCUT2D eigenvalue weighted by molar-refractivity contribution is 0.0912. The third kappa shape index (κ3) is 3.23. The zero-order valence-electron chi connectivity index (χ0n) is 10.3. The first-order chi connectivity index (χ1) is 8.56. The van der Waals surface area contributed by atoms with Crippen molar-refractivity contribution in [2.75, 3.05) is 20.1 Å². The normalized spacial score (nSPS) is 20.7. The van der Waals surface area contributed by atoms with Gasteiger partial charge in [-0.3, -0.25) is 4.79 Å². The lowest BCUT2D eigenvalue weighted by Gasteiger charge is -2.30. The number of likely N-dealkylation sites (N-methyl/N-ethyl adjacent to an activating group) is 1. The fraction of sp³-hybridized carbons (Fsp3) is 0.462. The molecule has 18 heavy (non-hydrogen) atoms. The van der Waals surface area contributed by atoms with Gasteiger partial charge in [-0.25, -0.2) is 0 Å². The van der Waals surface area contributed by atoms with Crippen LogP contribution in [0.2, 0.25) is 0 Å². The largest absolute Gasteiger partial charge is 0.507 e. The van der Waals surface area contributed by atoms with Gasteiger partial charge >= 0.3 is 0 Å². The van der Waals surface area contributed by atoms with Crippen LogP contribution in [0.4, 0.5) is 0 Å². The lowest BCUT2D eigenvalue weighted by atomic mass is 10.1. The van der Waals surface area contributed by atoms with Crippen molar-refractivity contribution in [3.8, 4) is 5.75 Å². The van der Waals surface area contributed by atoms with E-state index in [-0.39, 0.29) is 17.7 Å². The van der Waals surface area contributed by atoms with Crippen molar-refractivity contribution >= 4 is 21.8 Å². The van der Waals surface area contributed by atoms with E-state index in [9.17, 15) is 9.90 Å². The summed E-state index contributed by atoms with van der Waals surface area (Å²) in [6.45, 7) is 1.97. The summed E-state index contributed by atoms with van der Waals surface area (Å²) in [4.78, 5) is 14.2. The van der Waals surface area contributed by atoms with Gasteiger partial charge in [-0.1, -0.05) is 0 Å². The molecule has 0 radical (unpaired) electrons. The number of halogens is 1. The van der Waals surface area contributed by atoms with E-state index in [1.54, 1.807) is 12.1 Å². The van der Waals surface area contributed by atoms with Gasteiger partial charge in [0.05, 0.1) is 4.47 Å². The number of nitrogens with one attached hydrogen (secondary N) is 1. The van der Waals surface area contributed by atoms with Gasteiger partial charge < -0.3 is 15.3 Å². The molecule has 0 spiro atoms. The molecule has 98 valence electrons. The Balaban J connectivity index is 2.00. The minimum atomic E-state index is -0.127. The Morgan fingerprint density at radius 3 is 3.00 bits per heavy atom. The van der Waals surface area contributed by atoms with Crippen LogP contribution in [-0.4, -0.2) is 42.1 Å². The first-order valence-electron chi connectivity index (χ1n) is 6.04. The second-order valence-electron chi connectivity index (χ2n) is 4.74. The van der Waals surface area contributed by atoms with Crippen LogP contribution in [0, 0.1) is 0 Å². The molecule has 1 aliphatic heterocycles. The number of piperidine rings is 1. The molecule has 0 aromatic heterocycles. The molecule has 1 aromatic carbocycles. The third-order valence-corrected chi connectivity index (χ3v) is 3.84. The summed E-state index contributed by atoms with van der Waals surface area (Å²) in [5.74, 6) is -0.0403. The maximum absolute atomic E-state index is 12.0. The van der Waals surface area contributed by atoms with Gasteiger partial charge in [0, 0.05) is 18.2 Å². The van der Waals surface area contributed by atoms with Gasteiger partial charge in [0.25, 0.3) is 5.91 Å². The third-order valence-electron chi connectivity index (χ3n) is 3.17. The minimum absolute atomic E-state index is 0.0865. The summed E-state index contributed by atoms with van der Waals surface area (Å²) in [5.41, 5.74) is 0.490. The van der Waals surface area contributed by atoms with Crippen LogP contribution in [-0.2, 0) is 0 Å². The Morgan fingerprint density at radius 1 is 1.56 bits per heavy atom. The van der Waals surface area contributed by atoms with Crippen molar-refractivity contribution in [2.45, 2.75) is 18.9 Å². The summed E-state index contributed by atoms with van der Waals surface area (Å²) < 4.78 is 0.594. The highest BCUT2D eigenvalue weighted by atomic mass is 79.9. The smallest absolute Gasteiger partial charge is 0.251 e. The van der Waals surface area contributed by atoms with Gasteiger partial charge in [0.15, 0.2) is 0 Å². The Hall–Kier alpha value is -1.07. The first-order valence-corrected chi connectivity index (χ1v) is 6.83. The van der Waals surface area contributed by atoms with Gasteiger partial charge in [0.2, 0.25) is 0 Å². The zero-order chi connectivity index (χ0) is 13.1. The number of carbonyl (C=O) groups is 1. The quantitative estimate of drug-likeness (QED) is 0.878. The molecular formula is C13H17BrN2O2. The van der Waals surface area contributed by atoms with Crippen LogP contribution in [0.15, 0.2) is 22.7 Å². The fourth-order valence-corrected chi connectivity index (χ4v) is 2.45. The average molecular weight is 313 g/mol. The standard InChI is InChI=1S/C13H17BrN2O2/c1-16-6-2-3-10(8-16)15-13(18)9-4-5-11(14)12(17)7-9/h4-5,7,10,17H,2-3,6,8H2,1H3,(H,15,18). The maximum Gasteiger partial charge on any atom is 0.251 e. The second kappa shape index (κ2) is 5.71. The number of nitrogens with zero attached hydrogens (tertiary/aromatic N) is 1. The molecule has 1 fully saturated rings. The lowest BCUT2D eigenvalue weighted by Crippen LogP contribution is -2.46. The molecular weight excluding hydrogens is 296 g/mol. The van der Waals surface area contributed by atoms with E-state index in [1.807, 2.05) is 0 Å². The van der Waals surface area contributed by atoms with Gasteiger partial charge in [-0.15, -0.1) is 0 Å². The van der Waals surface area contributed by atoms with Gasteiger partial charge in [0.1, 0.15) is 5.75 Å². The van der Waals surface area contributed by atoms with Crippen LogP contribution in [0.25, 0.3) is 0 Å². The topological polar surface area (TPSA) is 52.6 Å². The molecule has 0 bridgehead atoms. The molecule has 1 aromatic rings. The van der Waals surface area contributed by atoms with Crippen molar-refractivity contribution < 1.29 is 9.90 Å².